The maximum atomic E-state index is 6.09. The zero-order valence-electron chi connectivity index (χ0n) is 12.1. The number of hydrogen-bond acceptors (Lipinski definition) is 3. The minimum Gasteiger partial charge on any atom is -0.399 e. The number of rotatable bonds is 1. The van der Waals surface area contributed by atoms with Crippen molar-refractivity contribution in [3.05, 3.63) is 24.0 Å². The molecule has 3 heterocycles. The Hall–Kier alpha value is -1.33. The van der Waals surface area contributed by atoms with Crippen LogP contribution in [-0.2, 0) is 9.31 Å². The first-order valence-corrected chi connectivity index (χ1v) is 6.59. The predicted octanol–water partition coefficient (Wildman–Crippen LogP) is 2.17. The van der Waals surface area contributed by atoms with E-state index in [0.717, 1.165) is 22.1 Å². The van der Waals surface area contributed by atoms with Crippen LogP contribution in [0.5, 0.6) is 0 Å². The average molecular weight is 258 g/mol. The van der Waals surface area contributed by atoms with Gasteiger partial charge in [0.1, 0.15) is 5.65 Å². The summed E-state index contributed by atoms with van der Waals surface area (Å²) in [5.74, 6) is 0. The number of aromatic amines is 1. The van der Waals surface area contributed by atoms with Crippen molar-refractivity contribution in [1.29, 1.82) is 0 Å². The molecule has 0 atom stereocenters. The smallest absolute Gasteiger partial charge is 0.399 e. The van der Waals surface area contributed by atoms with Crippen molar-refractivity contribution in [3.8, 4) is 0 Å². The highest BCUT2D eigenvalue weighted by molar-refractivity contribution is 6.65. The van der Waals surface area contributed by atoms with Gasteiger partial charge in [-0.3, -0.25) is 0 Å². The van der Waals surface area contributed by atoms with Crippen LogP contribution >= 0.6 is 0 Å². The van der Waals surface area contributed by atoms with E-state index in [1.807, 2.05) is 19.3 Å². The van der Waals surface area contributed by atoms with Gasteiger partial charge in [0.15, 0.2) is 0 Å². The highest BCUT2D eigenvalue weighted by atomic mass is 16.7. The number of nitrogens with one attached hydrogen (secondary N) is 1. The molecule has 4 nitrogen and oxygen atoms in total. The largest absolute Gasteiger partial charge is 0.497 e. The van der Waals surface area contributed by atoms with Gasteiger partial charge in [0, 0.05) is 23.2 Å². The molecule has 1 fully saturated rings. The number of aryl methyl sites for hydroxylation is 1. The summed E-state index contributed by atoms with van der Waals surface area (Å²) in [6.45, 7) is 10.3. The lowest BCUT2D eigenvalue weighted by molar-refractivity contribution is 0.00578. The normalized spacial score (nSPS) is 21.2. The molecule has 0 amide bonds. The minimum atomic E-state index is -0.345. The van der Waals surface area contributed by atoms with Crippen molar-refractivity contribution >= 4 is 23.6 Å². The van der Waals surface area contributed by atoms with Crippen molar-refractivity contribution in [3.63, 3.8) is 0 Å². The van der Waals surface area contributed by atoms with Crippen molar-refractivity contribution in [2.24, 2.45) is 0 Å². The molecule has 5 heteroatoms. The Kier molecular flexibility index (Phi) is 2.56. The molecule has 0 spiro atoms. The molecule has 2 aromatic rings. The topological polar surface area (TPSA) is 47.1 Å². The van der Waals surface area contributed by atoms with Gasteiger partial charge in [0.05, 0.1) is 11.2 Å². The van der Waals surface area contributed by atoms with Gasteiger partial charge in [0.2, 0.25) is 0 Å². The van der Waals surface area contributed by atoms with Crippen molar-refractivity contribution in [2.45, 2.75) is 45.8 Å². The molecule has 1 aliphatic rings. The first kappa shape index (κ1) is 12.7. The fraction of sp³-hybridized carbons (Fsp3) is 0.500. The molecule has 0 unspecified atom stereocenters. The summed E-state index contributed by atoms with van der Waals surface area (Å²) in [7, 11) is -0.345. The van der Waals surface area contributed by atoms with Gasteiger partial charge in [-0.2, -0.15) is 0 Å². The minimum absolute atomic E-state index is 0.321. The third-order valence-electron chi connectivity index (χ3n) is 4.21. The molecule has 1 N–H and O–H groups in total. The maximum Gasteiger partial charge on any atom is 0.497 e. The van der Waals surface area contributed by atoms with E-state index in [9.17, 15) is 0 Å². The average Bonchev–Trinajstić information content (AvgIpc) is 2.77. The lowest BCUT2D eigenvalue weighted by Gasteiger charge is -2.32. The van der Waals surface area contributed by atoms with E-state index >= 15 is 0 Å². The van der Waals surface area contributed by atoms with Gasteiger partial charge >= 0.3 is 7.12 Å². The summed E-state index contributed by atoms with van der Waals surface area (Å²) in [5.41, 5.74) is 2.38. The third-order valence-corrected chi connectivity index (χ3v) is 4.21. The molecule has 0 bridgehead atoms. The maximum absolute atomic E-state index is 6.09. The van der Waals surface area contributed by atoms with Gasteiger partial charge in [-0.05, 0) is 46.2 Å². The van der Waals surface area contributed by atoms with Crippen LogP contribution in [0.15, 0.2) is 18.5 Å². The molecule has 2 aromatic heterocycles. The summed E-state index contributed by atoms with van der Waals surface area (Å²) in [6.07, 6.45) is 3.78. The summed E-state index contributed by atoms with van der Waals surface area (Å²) in [6, 6.07) is 2.11. The van der Waals surface area contributed by atoms with Crippen LogP contribution in [0.4, 0.5) is 0 Å². The summed E-state index contributed by atoms with van der Waals surface area (Å²) in [4.78, 5) is 7.55. The van der Waals surface area contributed by atoms with Crippen LogP contribution in [0.25, 0.3) is 11.0 Å². The molecule has 19 heavy (non-hydrogen) atoms. The van der Waals surface area contributed by atoms with Gasteiger partial charge in [-0.15, -0.1) is 0 Å². The first-order valence-electron chi connectivity index (χ1n) is 6.59. The number of H-pyrrole nitrogens is 1. The van der Waals surface area contributed by atoms with E-state index in [4.69, 9.17) is 9.31 Å². The molecular weight excluding hydrogens is 239 g/mol. The van der Waals surface area contributed by atoms with E-state index in [0.29, 0.717) is 0 Å². The van der Waals surface area contributed by atoms with Gasteiger partial charge in [-0.1, -0.05) is 0 Å². The van der Waals surface area contributed by atoms with Crippen molar-refractivity contribution in [2.75, 3.05) is 0 Å². The van der Waals surface area contributed by atoms with E-state index in [1.165, 1.54) is 0 Å². The molecule has 0 radical (unpaired) electrons. The monoisotopic (exact) mass is 258 g/mol. The van der Waals surface area contributed by atoms with Crippen LogP contribution in [0.1, 0.15) is 33.3 Å². The Morgan fingerprint density at radius 2 is 1.79 bits per heavy atom. The Morgan fingerprint density at radius 3 is 2.42 bits per heavy atom. The molecule has 100 valence electrons. The SMILES string of the molecule is Cc1cnc2[nH]cc(B3OC(C)(C)C(C)(C)O3)c2c1. The number of fused-ring (bicyclic) bond motifs is 1. The second kappa shape index (κ2) is 3.84. The molecule has 0 aliphatic carbocycles. The summed E-state index contributed by atoms with van der Waals surface area (Å²) < 4.78 is 12.2. The Labute approximate surface area is 113 Å². The molecule has 3 rings (SSSR count). The first-order chi connectivity index (χ1) is 8.80. The number of nitrogens with zero attached hydrogens (tertiary/aromatic N) is 1. The van der Waals surface area contributed by atoms with Crippen LogP contribution in [-0.4, -0.2) is 28.3 Å². The summed E-state index contributed by atoms with van der Waals surface area (Å²) in [5, 5.41) is 1.07. The quantitative estimate of drug-likeness (QED) is 0.797. The zero-order valence-corrected chi connectivity index (χ0v) is 12.1. The second-order valence-corrected chi connectivity index (χ2v) is 6.24. The number of hydrogen-bond donors (Lipinski definition) is 1. The van der Waals surface area contributed by atoms with Crippen LogP contribution in [0, 0.1) is 6.92 Å². The van der Waals surface area contributed by atoms with E-state index in [-0.39, 0.29) is 18.3 Å². The second-order valence-electron chi connectivity index (χ2n) is 6.24. The Balaban J connectivity index is 2.05. The number of aromatic nitrogens is 2. The predicted molar refractivity (Wildman–Crippen MR) is 76.5 cm³/mol. The van der Waals surface area contributed by atoms with Crippen LogP contribution in [0.3, 0.4) is 0 Å². The van der Waals surface area contributed by atoms with E-state index < -0.39 is 0 Å². The Bertz CT molecular complexity index is 617. The summed E-state index contributed by atoms with van der Waals surface area (Å²) >= 11 is 0. The van der Waals surface area contributed by atoms with Crippen molar-refractivity contribution < 1.29 is 9.31 Å². The van der Waals surface area contributed by atoms with Gasteiger partial charge in [0.25, 0.3) is 0 Å². The van der Waals surface area contributed by atoms with Crippen molar-refractivity contribution in [1.82, 2.24) is 9.97 Å². The lowest BCUT2D eigenvalue weighted by Crippen LogP contribution is -2.41. The zero-order chi connectivity index (χ0) is 13.8. The highest BCUT2D eigenvalue weighted by Gasteiger charge is 2.52. The fourth-order valence-corrected chi connectivity index (χ4v) is 2.29. The molecule has 1 aliphatic heterocycles. The standard InChI is InChI=1S/C14H19BN2O2/c1-9-6-10-11(8-17-12(10)16-7-9)15-18-13(2,3)14(4,5)19-15/h6-8H,1-5H3,(H,16,17). The molecule has 0 aromatic carbocycles. The van der Waals surface area contributed by atoms with Gasteiger partial charge in [-0.25, -0.2) is 4.98 Å². The van der Waals surface area contributed by atoms with E-state index in [2.05, 4.69) is 43.7 Å². The van der Waals surface area contributed by atoms with Gasteiger partial charge < -0.3 is 14.3 Å². The molecule has 0 saturated carbocycles. The lowest BCUT2D eigenvalue weighted by atomic mass is 9.79. The molecular formula is C14H19BN2O2. The fourth-order valence-electron chi connectivity index (χ4n) is 2.29. The van der Waals surface area contributed by atoms with E-state index in [1.54, 1.807) is 0 Å². The highest BCUT2D eigenvalue weighted by Crippen LogP contribution is 2.36. The molecule has 1 saturated heterocycles. The number of pyridine rings is 1. The third kappa shape index (κ3) is 1.88. The Morgan fingerprint density at radius 1 is 1.16 bits per heavy atom. The van der Waals surface area contributed by atoms with Crippen LogP contribution < -0.4 is 5.46 Å². The van der Waals surface area contributed by atoms with Crippen LogP contribution in [0.2, 0.25) is 0 Å².